The fourth-order valence-corrected chi connectivity index (χ4v) is 3.03. The highest BCUT2D eigenvalue weighted by Crippen LogP contribution is 2.21. The summed E-state index contributed by atoms with van der Waals surface area (Å²) in [5, 5.41) is 13.9. The molecule has 0 aliphatic carbocycles. The second-order valence-corrected chi connectivity index (χ2v) is 8.02. The highest BCUT2D eigenvalue weighted by atomic mass is 32.1. The van der Waals surface area contributed by atoms with E-state index in [1.165, 1.54) is 0 Å². The summed E-state index contributed by atoms with van der Waals surface area (Å²) in [4.78, 5) is 30.8. The number of hydrogen-bond donors (Lipinski definition) is 2. The largest absolute Gasteiger partial charge is 0.390 e. The third-order valence-electron chi connectivity index (χ3n) is 4.69. The Morgan fingerprint density at radius 1 is 1.48 bits per heavy atom. The van der Waals surface area contributed by atoms with Crippen molar-refractivity contribution in [1.29, 1.82) is 0 Å². The van der Waals surface area contributed by atoms with E-state index in [9.17, 15) is 14.7 Å². The lowest BCUT2D eigenvalue weighted by Gasteiger charge is -2.38. The monoisotopic (exact) mass is 335 g/mol. The normalized spacial score (nSPS) is 19.0. The van der Waals surface area contributed by atoms with Crippen molar-refractivity contribution in [3.8, 4) is 0 Å². The molecule has 1 atom stereocenters. The lowest BCUT2D eigenvalue weighted by molar-refractivity contribution is 0.0455. The lowest BCUT2D eigenvalue weighted by Crippen LogP contribution is -2.63. The van der Waals surface area contributed by atoms with Gasteiger partial charge in [0.15, 0.2) is 5.01 Å². The molecular weight excluding hydrogens is 312 g/mol. The minimum Gasteiger partial charge on any atom is -0.390 e. The molecule has 0 aromatic carbocycles. The third kappa shape index (κ3) is 3.77. The molecule has 1 aromatic heterocycles. The molecule has 2 N–H and O–H groups in total. The van der Waals surface area contributed by atoms with E-state index in [-0.39, 0.29) is 22.9 Å². The maximum Gasteiger partial charge on any atom is 0.279 e. The number of likely N-dealkylation sites (tertiary alicyclic amines) is 1. The van der Waals surface area contributed by atoms with Crippen LogP contribution >= 0.6 is 11.3 Å². The number of thiazole rings is 1. The van der Waals surface area contributed by atoms with Gasteiger partial charge in [-0.1, -0.05) is 0 Å². The van der Waals surface area contributed by atoms with Crippen LogP contribution < -0.4 is 5.32 Å². The summed E-state index contributed by atoms with van der Waals surface area (Å²) in [5.74, 6) is -0.498. The summed E-state index contributed by atoms with van der Waals surface area (Å²) in [7, 11) is 3.49. The molecule has 2 heterocycles. The van der Waals surface area contributed by atoms with Crippen LogP contribution in [0.25, 0.3) is 0 Å². The first-order chi connectivity index (χ1) is 10.5. The van der Waals surface area contributed by atoms with Gasteiger partial charge >= 0.3 is 0 Å². The van der Waals surface area contributed by atoms with E-state index in [0.29, 0.717) is 5.69 Å². The molecule has 1 saturated heterocycles. The molecule has 23 heavy (non-hydrogen) atoms. The number of carbonyl (C=O) groups is 2. The summed E-state index contributed by atoms with van der Waals surface area (Å²) in [6.07, 6.45) is 2.01. The van der Waals surface area contributed by atoms with Gasteiger partial charge in [0.25, 0.3) is 11.8 Å². The maximum atomic E-state index is 12.4. The molecule has 1 aromatic rings. The molecule has 0 radical (unpaired) electrons. The molecule has 9 heteroatoms. The van der Waals surface area contributed by atoms with Gasteiger partial charge in [-0.3, -0.25) is 9.59 Å². The molecule has 2 rings (SSSR count). The van der Waals surface area contributed by atoms with Gasteiger partial charge in [0.05, 0.1) is 5.60 Å². The Labute approximate surface area is 142 Å². The summed E-state index contributed by atoms with van der Waals surface area (Å²) in [6, 6.07) is 0.218. The number of rotatable bonds is 4. The van der Waals surface area contributed by atoms with Crippen molar-refractivity contribution in [2.75, 3.05) is 6.54 Å². The first-order valence-electron chi connectivity index (χ1n) is 7.84. The summed E-state index contributed by atoms with van der Waals surface area (Å²) < 4.78 is 0. The quantitative estimate of drug-likeness (QED) is 0.705. The zero-order chi connectivity index (χ0) is 17.4. The number of amides is 2. The smallest absolute Gasteiger partial charge is 0.279 e. The van der Waals surface area contributed by atoms with Gasteiger partial charge in [-0.2, -0.15) is 0 Å². The lowest BCUT2D eigenvalue weighted by atomic mass is 9.54. The van der Waals surface area contributed by atoms with Gasteiger partial charge in [0.1, 0.15) is 21.4 Å². The molecule has 124 valence electrons. The molecule has 0 spiro atoms. The third-order valence-corrected chi connectivity index (χ3v) is 5.53. The number of hydrogen-bond acceptors (Lipinski definition) is 5. The first-order valence-corrected chi connectivity index (χ1v) is 8.72. The van der Waals surface area contributed by atoms with Gasteiger partial charge in [-0.05, 0) is 33.6 Å². The predicted molar refractivity (Wildman–Crippen MR) is 95.4 cm³/mol. The highest BCUT2D eigenvalue weighted by molar-refractivity contribution is 7.11. The molecule has 6 nitrogen and oxygen atoms in total. The molecule has 0 saturated carbocycles. The Morgan fingerprint density at radius 3 is 2.65 bits per heavy atom. The second kappa shape index (κ2) is 6.28. The fourth-order valence-electron chi connectivity index (χ4n) is 2.35. The molecule has 1 aliphatic rings. The maximum absolute atomic E-state index is 12.4. The van der Waals surface area contributed by atoms with E-state index in [4.69, 9.17) is 0 Å². The summed E-state index contributed by atoms with van der Waals surface area (Å²) in [5.41, 5.74) is -0.765. The first kappa shape index (κ1) is 18.0. The number of aromatic nitrogens is 1. The Morgan fingerprint density at radius 2 is 2.13 bits per heavy atom. The van der Waals surface area contributed by atoms with Crippen LogP contribution in [0.3, 0.4) is 0 Å². The van der Waals surface area contributed by atoms with E-state index in [2.05, 4.69) is 10.3 Å². The van der Waals surface area contributed by atoms with E-state index in [0.717, 1.165) is 30.7 Å². The highest BCUT2D eigenvalue weighted by Gasteiger charge is 2.37. The minimum absolute atomic E-state index is 0.118. The summed E-state index contributed by atoms with van der Waals surface area (Å²) >= 11 is 1.15. The SMILES string of the molecule is BC(B)(NC(=O)c1nc(C(=O)N2CCCC2C)cs1)C(C)(C)O. The number of aliphatic hydroxyl groups is 1. The zero-order valence-corrected chi connectivity index (χ0v) is 15.2. The number of carbonyl (C=O) groups excluding carboxylic acids is 2. The number of nitrogens with one attached hydrogen (secondary N) is 1. The molecule has 0 bridgehead atoms. The van der Waals surface area contributed by atoms with Crippen molar-refractivity contribution in [2.45, 2.75) is 50.6 Å². The van der Waals surface area contributed by atoms with Crippen LogP contribution in [0.2, 0.25) is 0 Å². The van der Waals surface area contributed by atoms with E-state index in [1.807, 2.05) is 6.92 Å². The van der Waals surface area contributed by atoms with Crippen molar-refractivity contribution in [2.24, 2.45) is 0 Å². The van der Waals surface area contributed by atoms with E-state index >= 15 is 0 Å². The van der Waals surface area contributed by atoms with Gasteiger partial charge < -0.3 is 15.3 Å². The van der Waals surface area contributed by atoms with Crippen LogP contribution in [0.1, 0.15) is 53.9 Å². The van der Waals surface area contributed by atoms with E-state index in [1.54, 1.807) is 39.8 Å². The molecule has 1 unspecified atom stereocenters. The van der Waals surface area contributed by atoms with Crippen molar-refractivity contribution in [3.05, 3.63) is 16.1 Å². The fraction of sp³-hybridized carbons (Fsp3) is 0.643. The van der Waals surface area contributed by atoms with Crippen molar-refractivity contribution in [3.63, 3.8) is 0 Å². The predicted octanol–water partition coefficient (Wildman–Crippen LogP) is -0.812. The van der Waals surface area contributed by atoms with Crippen molar-refractivity contribution < 1.29 is 14.7 Å². The zero-order valence-electron chi connectivity index (χ0n) is 14.3. The Hall–Kier alpha value is -1.34. The average Bonchev–Trinajstić information content (AvgIpc) is 3.04. The topological polar surface area (TPSA) is 82.5 Å². The van der Waals surface area contributed by atoms with Gasteiger partial charge in [-0.25, -0.2) is 4.98 Å². The molecule has 2 amide bonds. The van der Waals surface area contributed by atoms with Crippen LogP contribution in [0.5, 0.6) is 0 Å². The standard InChI is InChI=1S/C14H23B2N3O3S/c1-8-5-4-6-19(8)12(21)9-7-23-11(17-9)10(20)18-14(15,16)13(2,3)22/h7-8,22H,4-6,15-16H2,1-3H3,(H,18,20). The van der Waals surface area contributed by atoms with E-state index < -0.39 is 10.9 Å². The van der Waals surface area contributed by atoms with Crippen LogP contribution in [-0.2, 0) is 0 Å². The van der Waals surface area contributed by atoms with Crippen molar-refractivity contribution in [1.82, 2.24) is 15.2 Å². The summed E-state index contributed by atoms with van der Waals surface area (Å²) in [6.45, 7) is 6.04. The second-order valence-electron chi connectivity index (χ2n) is 7.17. The van der Waals surface area contributed by atoms with Gasteiger partial charge in [0, 0.05) is 23.3 Å². The van der Waals surface area contributed by atoms with Crippen LogP contribution in [0.15, 0.2) is 5.38 Å². The Balaban J connectivity index is 2.10. The Kier molecular flexibility index (Phi) is 4.92. The van der Waals surface area contributed by atoms with Crippen LogP contribution in [-0.4, -0.2) is 66.0 Å². The average molecular weight is 335 g/mol. The number of nitrogens with zero attached hydrogens (tertiary/aromatic N) is 2. The van der Waals surface area contributed by atoms with Gasteiger partial charge in [-0.15, -0.1) is 11.3 Å². The molecule has 1 aliphatic heterocycles. The molecular formula is C14H23B2N3O3S. The van der Waals surface area contributed by atoms with Crippen molar-refractivity contribution >= 4 is 38.8 Å². The van der Waals surface area contributed by atoms with Crippen LogP contribution in [0.4, 0.5) is 0 Å². The minimum atomic E-state index is -1.08. The van der Waals surface area contributed by atoms with Gasteiger partial charge in [0.2, 0.25) is 0 Å². The Bertz CT molecular complexity index is 613. The van der Waals surface area contributed by atoms with Crippen LogP contribution in [0, 0.1) is 0 Å². The molecule has 1 fully saturated rings.